The molecule has 0 bridgehead atoms. The predicted octanol–water partition coefficient (Wildman–Crippen LogP) is 3.00. The van der Waals surface area contributed by atoms with Crippen molar-refractivity contribution in [2.75, 3.05) is 18.4 Å². The fraction of sp³-hybridized carbons (Fsp3) is 0.667. The van der Waals surface area contributed by atoms with Gasteiger partial charge < -0.3 is 10.6 Å². The van der Waals surface area contributed by atoms with E-state index in [2.05, 4.69) is 27.8 Å². The van der Waals surface area contributed by atoms with Crippen LogP contribution in [0.2, 0.25) is 0 Å². The van der Waals surface area contributed by atoms with Gasteiger partial charge >= 0.3 is 0 Å². The Balaban J connectivity index is 2.20. The van der Waals surface area contributed by atoms with Gasteiger partial charge in [0.2, 0.25) is 0 Å². The van der Waals surface area contributed by atoms with Crippen molar-refractivity contribution in [3.05, 3.63) is 17.8 Å². The first-order valence-corrected chi connectivity index (χ1v) is 7.63. The molecule has 1 aromatic rings. The lowest BCUT2D eigenvalue weighted by Crippen LogP contribution is -2.24. The zero-order chi connectivity index (χ0) is 14.6. The van der Waals surface area contributed by atoms with Gasteiger partial charge in [-0.25, -0.2) is 0 Å². The number of carbonyl (C=O) groups is 1. The Labute approximate surface area is 121 Å². The first-order chi connectivity index (χ1) is 9.77. The number of nitrogens with one attached hydrogen (secondary N) is 2. The van der Waals surface area contributed by atoms with Gasteiger partial charge in [-0.05, 0) is 25.5 Å². The van der Waals surface area contributed by atoms with E-state index in [0.29, 0.717) is 12.2 Å². The standard InChI is InChI=1S/C15H26N4O/c1-3-5-6-7-8-9-12-17-14-11-10-13(18-19-14)15(20)16-4-2/h10-11H,3-9,12H2,1-2H3,(H,16,20)(H,17,19). The first-order valence-electron chi connectivity index (χ1n) is 7.63. The highest BCUT2D eigenvalue weighted by molar-refractivity contribution is 5.92. The average molecular weight is 278 g/mol. The van der Waals surface area contributed by atoms with Crippen LogP contribution in [0.5, 0.6) is 0 Å². The van der Waals surface area contributed by atoms with E-state index in [1.807, 2.05) is 6.92 Å². The molecule has 1 heterocycles. The van der Waals surface area contributed by atoms with Crippen LogP contribution in [0.25, 0.3) is 0 Å². The molecule has 0 saturated heterocycles. The largest absolute Gasteiger partial charge is 0.369 e. The SMILES string of the molecule is CCCCCCCCNc1ccc(C(=O)NCC)nn1. The Bertz CT molecular complexity index is 378. The lowest BCUT2D eigenvalue weighted by Gasteiger charge is -2.05. The number of carbonyl (C=O) groups excluding carboxylic acids is 1. The highest BCUT2D eigenvalue weighted by Gasteiger charge is 2.05. The number of hydrogen-bond donors (Lipinski definition) is 2. The highest BCUT2D eigenvalue weighted by atomic mass is 16.1. The third kappa shape index (κ3) is 6.50. The molecule has 1 rings (SSSR count). The molecule has 0 aliphatic carbocycles. The Kier molecular flexibility index (Phi) is 8.35. The van der Waals surface area contributed by atoms with Gasteiger partial charge in [-0.1, -0.05) is 39.0 Å². The van der Waals surface area contributed by atoms with E-state index >= 15 is 0 Å². The van der Waals surface area contributed by atoms with Crippen LogP contribution in [-0.2, 0) is 0 Å². The van der Waals surface area contributed by atoms with E-state index in [1.54, 1.807) is 12.1 Å². The van der Waals surface area contributed by atoms with E-state index in [4.69, 9.17) is 0 Å². The van der Waals surface area contributed by atoms with Crippen LogP contribution in [0.1, 0.15) is 62.9 Å². The Morgan fingerprint density at radius 3 is 2.45 bits per heavy atom. The molecule has 0 spiro atoms. The van der Waals surface area contributed by atoms with E-state index in [1.165, 1.54) is 32.1 Å². The second-order valence-electron chi connectivity index (χ2n) is 4.86. The fourth-order valence-electron chi connectivity index (χ4n) is 1.92. The Morgan fingerprint density at radius 2 is 1.80 bits per heavy atom. The molecule has 1 amide bonds. The van der Waals surface area contributed by atoms with Gasteiger partial charge in [0.15, 0.2) is 5.69 Å². The minimum Gasteiger partial charge on any atom is -0.369 e. The van der Waals surface area contributed by atoms with Crippen LogP contribution >= 0.6 is 0 Å². The zero-order valence-electron chi connectivity index (χ0n) is 12.6. The summed E-state index contributed by atoms with van der Waals surface area (Å²) in [4.78, 5) is 11.5. The highest BCUT2D eigenvalue weighted by Crippen LogP contribution is 2.06. The maximum absolute atomic E-state index is 11.5. The lowest BCUT2D eigenvalue weighted by molar-refractivity contribution is 0.0950. The molecule has 0 saturated carbocycles. The van der Waals surface area contributed by atoms with Crippen LogP contribution in [0.3, 0.4) is 0 Å². The molecule has 0 aromatic carbocycles. The van der Waals surface area contributed by atoms with Crippen molar-refractivity contribution < 1.29 is 4.79 Å². The van der Waals surface area contributed by atoms with Crippen LogP contribution in [0.4, 0.5) is 5.82 Å². The van der Waals surface area contributed by atoms with Crippen LogP contribution < -0.4 is 10.6 Å². The van der Waals surface area contributed by atoms with Crippen molar-refractivity contribution in [3.63, 3.8) is 0 Å². The summed E-state index contributed by atoms with van der Waals surface area (Å²) in [6.07, 6.45) is 7.64. The van der Waals surface area contributed by atoms with E-state index in [9.17, 15) is 4.79 Å². The number of amides is 1. The normalized spacial score (nSPS) is 10.3. The first kappa shape index (κ1) is 16.4. The molecule has 20 heavy (non-hydrogen) atoms. The van der Waals surface area contributed by atoms with Gasteiger partial charge in [-0.15, -0.1) is 10.2 Å². The molecule has 112 valence electrons. The summed E-state index contributed by atoms with van der Waals surface area (Å²) in [5.41, 5.74) is 0.358. The monoisotopic (exact) mass is 278 g/mol. The molecule has 2 N–H and O–H groups in total. The summed E-state index contributed by atoms with van der Waals surface area (Å²) in [7, 11) is 0. The van der Waals surface area contributed by atoms with E-state index in [0.717, 1.165) is 18.8 Å². The maximum Gasteiger partial charge on any atom is 0.271 e. The second-order valence-corrected chi connectivity index (χ2v) is 4.86. The molecule has 0 aliphatic rings. The van der Waals surface area contributed by atoms with Gasteiger partial charge in [0, 0.05) is 13.1 Å². The van der Waals surface area contributed by atoms with Crippen molar-refractivity contribution >= 4 is 11.7 Å². The van der Waals surface area contributed by atoms with Crippen molar-refractivity contribution in [2.24, 2.45) is 0 Å². The van der Waals surface area contributed by atoms with Crippen LogP contribution in [0.15, 0.2) is 12.1 Å². The summed E-state index contributed by atoms with van der Waals surface area (Å²) < 4.78 is 0. The van der Waals surface area contributed by atoms with E-state index < -0.39 is 0 Å². The number of hydrogen-bond acceptors (Lipinski definition) is 4. The summed E-state index contributed by atoms with van der Waals surface area (Å²) in [6.45, 7) is 5.60. The van der Waals surface area contributed by atoms with Gasteiger partial charge in [0.05, 0.1) is 0 Å². The summed E-state index contributed by atoms with van der Waals surface area (Å²) >= 11 is 0. The zero-order valence-corrected chi connectivity index (χ0v) is 12.6. The van der Waals surface area contributed by atoms with Crippen molar-refractivity contribution in [2.45, 2.75) is 52.4 Å². The minimum atomic E-state index is -0.178. The average Bonchev–Trinajstić information content (AvgIpc) is 2.47. The van der Waals surface area contributed by atoms with Crippen molar-refractivity contribution in [1.82, 2.24) is 15.5 Å². The molecule has 5 heteroatoms. The van der Waals surface area contributed by atoms with Crippen molar-refractivity contribution in [3.8, 4) is 0 Å². The number of nitrogens with zero attached hydrogens (tertiary/aromatic N) is 2. The number of rotatable bonds is 10. The minimum absolute atomic E-state index is 0.178. The molecular weight excluding hydrogens is 252 g/mol. The van der Waals surface area contributed by atoms with Crippen LogP contribution in [0, 0.1) is 0 Å². The van der Waals surface area contributed by atoms with E-state index in [-0.39, 0.29) is 5.91 Å². The molecule has 5 nitrogen and oxygen atoms in total. The summed E-state index contributed by atoms with van der Waals surface area (Å²) in [6, 6.07) is 3.50. The third-order valence-electron chi connectivity index (χ3n) is 3.07. The van der Waals surface area contributed by atoms with Crippen LogP contribution in [-0.4, -0.2) is 29.2 Å². The fourth-order valence-corrected chi connectivity index (χ4v) is 1.92. The molecule has 0 unspecified atom stereocenters. The Morgan fingerprint density at radius 1 is 1.05 bits per heavy atom. The molecule has 0 aliphatic heterocycles. The van der Waals surface area contributed by atoms with Crippen molar-refractivity contribution in [1.29, 1.82) is 0 Å². The molecule has 1 aromatic heterocycles. The molecule has 0 fully saturated rings. The summed E-state index contributed by atoms with van der Waals surface area (Å²) in [5.74, 6) is 0.550. The number of anilines is 1. The lowest BCUT2D eigenvalue weighted by atomic mass is 10.1. The third-order valence-corrected chi connectivity index (χ3v) is 3.07. The quantitative estimate of drug-likeness (QED) is 0.646. The number of unbranched alkanes of at least 4 members (excludes halogenated alkanes) is 5. The van der Waals surface area contributed by atoms with Gasteiger partial charge in [0.1, 0.15) is 5.82 Å². The molecular formula is C15H26N4O. The van der Waals surface area contributed by atoms with Gasteiger partial charge in [0.25, 0.3) is 5.91 Å². The van der Waals surface area contributed by atoms with Gasteiger partial charge in [-0.3, -0.25) is 4.79 Å². The smallest absolute Gasteiger partial charge is 0.271 e. The topological polar surface area (TPSA) is 66.9 Å². The molecule has 0 radical (unpaired) electrons. The Hall–Kier alpha value is -1.65. The second kappa shape index (κ2) is 10.2. The predicted molar refractivity (Wildman–Crippen MR) is 81.9 cm³/mol. The maximum atomic E-state index is 11.5. The number of aromatic nitrogens is 2. The van der Waals surface area contributed by atoms with Gasteiger partial charge in [-0.2, -0.15) is 0 Å². The summed E-state index contributed by atoms with van der Waals surface area (Å²) in [5, 5.41) is 13.8. The molecule has 0 atom stereocenters.